The summed E-state index contributed by atoms with van der Waals surface area (Å²) in [5, 5.41) is 4.58. The zero-order chi connectivity index (χ0) is 13.0. The van der Waals surface area contributed by atoms with Gasteiger partial charge in [0.05, 0.1) is 5.52 Å². The summed E-state index contributed by atoms with van der Waals surface area (Å²) in [5.41, 5.74) is 0.846. The van der Waals surface area contributed by atoms with Crippen LogP contribution < -0.4 is 5.32 Å². The van der Waals surface area contributed by atoms with E-state index in [9.17, 15) is 0 Å². The summed E-state index contributed by atoms with van der Waals surface area (Å²) in [4.78, 5) is 8.45. The van der Waals surface area contributed by atoms with Crippen molar-refractivity contribution in [3.8, 4) is 0 Å². The predicted octanol–water partition coefficient (Wildman–Crippen LogP) is 3.12. The maximum Gasteiger partial charge on any atom is 0.224 e. The number of nitrogens with one attached hydrogen (secondary N) is 1. The molecule has 0 saturated heterocycles. The number of ether oxygens (including phenoxy) is 1. The zero-order valence-electron chi connectivity index (χ0n) is 10.5. The molecule has 2 rings (SSSR count). The molecule has 1 aromatic carbocycles. The average Bonchev–Trinajstić information content (AvgIpc) is 2.36. The topological polar surface area (TPSA) is 47.0 Å². The lowest BCUT2D eigenvalue weighted by molar-refractivity contribution is 0.191. The van der Waals surface area contributed by atoms with Gasteiger partial charge in [0.1, 0.15) is 5.82 Å². The molecule has 0 fully saturated rings. The number of benzene rings is 1. The number of methoxy groups -OCH3 is 1. The van der Waals surface area contributed by atoms with Crippen molar-refractivity contribution in [3.63, 3.8) is 0 Å². The Morgan fingerprint density at radius 3 is 2.89 bits per heavy atom. The lowest BCUT2D eigenvalue weighted by Gasteiger charge is -2.15. The molecule has 1 heterocycles. The molecule has 0 bridgehead atoms. The summed E-state index contributed by atoms with van der Waals surface area (Å²) in [5.74, 6) is 0.772. The Morgan fingerprint density at radius 2 is 2.11 bits per heavy atom. The Hall–Kier alpha value is -1.39. The highest BCUT2D eigenvalue weighted by molar-refractivity contribution is 6.28. The molecule has 2 aromatic rings. The van der Waals surface area contributed by atoms with Crippen molar-refractivity contribution < 1.29 is 4.74 Å². The van der Waals surface area contributed by atoms with Crippen molar-refractivity contribution in [2.45, 2.75) is 19.4 Å². The molecular weight excluding hydrogens is 250 g/mol. The average molecular weight is 266 g/mol. The van der Waals surface area contributed by atoms with Crippen LogP contribution in [-0.4, -0.2) is 29.7 Å². The molecule has 1 N–H and O–H groups in total. The standard InChI is InChI=1S/C13H16ClN3O/c1-9(7-8-18-2)15-12-10-5-3-4-6-11(10)16-13(14)17-12/h3-6,9H,7-8H2,1-2H3,(H,15,16,17). The van der Waals surface area contributed by atoms with Gasteiger partial charge in [0.15, 0.2) is 0 Å². The molecule has 96 valence electrons. The van der Waals surface area contributed by atoms with Gasteiger partial charge < -0.3 is 10.1 Å². The Labute approximate surface area is 111 Å². The van der Waals surface area contributed by atoms with Crippen LogP contribution >= 0.6 is 11.6 Å². The fraction of sp³-hybridized carbons (Fsp3) is 0.385. The first kappa shape index (κ1) is 13.1. The van der Waals surface area contributed by atoms with E-state index in [1.54, 1.807) is 7.11 Å². The van der Waals surface area contributed by atoms with Gasteiger partial charge in [0, 0.05) is 25.1 Å². The molecule has 0 radical (unpaired) electrons. The molecule has 5 heteroatoms. The van der Waals surface area contributed by atoms with E-state index in [1.807, 2.05) is 24.3 Å². The van der Waals surface area contributed by atoms with Crippen LogP contribution in [-0.2, 0) is 4.74 Å². The second-order valence-corrected chi connectivity index (χ2v) is 4.52. The molecule has 4 nitrogen and oxygen atoms in total. The molecule has 0 saturated carbocycles. The SMILES string of the molecule is COCCC(C)Nc1nc(Cl)nc2ccccc12. The van der Waals surface area contributed by atoms with Crippen LogP contribution in [0, 0.1) is 0 Å². The number of hydrogen-bond acceptors (Lipinski definition) is 4. The van der Waals surface area contributed by atoms with Crippen LogP contribution in [0.25, 0.3) is 10.9 Å². The van der Waals surface area contributed by atoms with Crippen molar-refractivity contribution in [2.75, 3.05) is 19.0 Å². The first-order chi connectivity index (χ1) is 8.70. The number of hydrogen-bond donors (Lipinski definition) is 1. The molecule has 1 atom stereocenters. The third-order valence-electron chi connectivity index (χ3n) is 2.71. The minimum absolute atomic E-state index is 0.259. The minimum Gasteiger partial charge on any atom is -0.385 e. The van der Waals surface area contributed by atoms with E-state index >= 15 is 0 Å². The van der Waals surface area contributed by atoms with Crippen LogP contribution in [0.2, 0.25) is 5.28 Å². The van der Waals surface area contributed by atoms with Gasteiger partial charge in [-0.3, -0.25) is 0 Å². The first-order valence-corrected chi connectivity index (χ1v) is 6.26. The van der Waals surface area contributed by atoms with Gasteiger partial charge >= 0.3 is 0 Å². The van der Waals surface area contributed by atoms with E-state index in [2.05, 4.69) is 22.2 Å². The Balaban J connectivity index is 2.26. The van der Waals surface area contributed by atoms with Crippen LogP contribution in [0.1, 0.15) is 13.3 Å². The number of fused-ring (bicyclic) bond motifs is 1. The minimum atomic E-state index is 0.259. The van der Waals surface area contributed by atoms with Crippen molar-refractivity contribution in [1.82, 2.24) is 9.97 Å². The van der Waals surface area contributed by atoms with Crippen LogP contribution in [0.15, 0.2) is 24.3 Å². The zero-order valence-corrected chi connectivity index (χ0v) is 11.2. The maximum absolute atomic E-state index is 5.92. The third-order valence-corrected chi connectivity index (χ3v) is 2.88. The number of aromatic nitrogens is 2. The van der Waals surface area contributed by atoms with E-state index in [1.165, 1.54) is 0 Å². The van der Waals surface area contributed by atoms with Crippen LogP contribution in [0.4, 0.5) is 5.82 Å². The molecule has 0 amide bonds. The number of anilines is 1. The lowest BCUT2D eigenvalue weighted by atomic mass is 10.2. The van der Waals surface area contributed by atoms with E-state index in [-0.39, 0.29) is 11.3 Å². The summed E-state index contributed by atoms with van der Waals surface area (Å²) in [6.45, 7) is 2.80. The Kier molecular flexibility index (Phi) is 4.33. The number of rotatable bonds is 5. The summed E-state index contributed by atoms with van der Waals surface area (Å²) in [7, 11) is 1.70. The van der Waals surface area contributed by atoms with Gasteiger partial charge in [-0.1, -0.05) is 12.1 Å². The normalized spacial score (nSPS) is 12.6. The molecular formula is C13H16ClN3O. The van der Waals surface area contributed by atoms with Gasteiger partial charge in [-0.25, -0.2) is 9.97 Å². The van der Waals surface area contributed by atoms with E-state index in [4.69, 9.17) is 16.3 Å². The fourth-order valence-corrected chi connectivity index (χ4v) is 1.93. The van der Waals surface area contributed by atoms with Gasteiger partial charge in [-0.15, -0.1) is 0 Å². The summed E-state index contributed by atoms with van der Waals surface area (Å²) in [6.07, 6.45) is 0.909. The predicted molar refractivity (Wildman–Crippen MR) is 74.1 cm³/mol. The highest BCUT2D eigenvalue weighted by Crippen LogP contribution is 2.22. The van der Waals surface area contributed by atoms with E-state index in [0.717, 1.165) is 23.1 Å². The quantitative estimate of drug-likeness (QED) is 0.844. The summed E-state index contributed by atoms with van der Waals surface area (Å²) >= 11 is 5.92. The highest BCUT2D eigenvalue weighted by atomic mass is 35.5. The van der Waals surface area contributed by atoms with E-state index in [0.29, 0.717) is 6.61 Å². The lowest BCUT2D eigenvalue weighted by Crippen LogP contribution is -2.18. The molecule has 18 heavy (non-hydrogen) atoms. The van der Waals surface area contributed by atoms with Gasteiger partial charge in [-0.2, -0.15) is 0 Å². The van der Waals surface area contributed by atoms with E-state index < -0.39 is 0 Å². The first-order valence-electron chi connectivity index (χ1n) is 5.88. The van der Waals surface area contributed by atoms with Gasteiger partial charge in [-0.05, 0) is 37.1 Å². The molecule has 0 aliphatic rings. The Morgan fingerprint density at radius 1 is 1.33 bits per heavy atom. The molecule has 1 aromatic heterocycles. The number of para-hydroxylation sites is 1. The van der Waals surface area contributed by atoms with Crippen LogP contribution in [0.3, 0.4) is 0 Å². The Bertz CT molecular complexity index is 533. The van der Waals surface area contributed by atoms with Crippen molar-refractivity contribution in [2.24, 2.45) is 0 Å². The molecule has 0 spiro atoms. The number of halogens is 1. The van der Waals surface area contributed by atoms with Crippen molar-refractivity contribution in [1.29, 1.82) is 0 Å². The molecule has 1 unspecified atom stereocenters. The second-order valence-electron chi connectivity index (χ2n) is 4.19. The number of nitrogens with zero attached hydrogens (tertiary/aromatic N) is 2. The summed E-state index contributed by atoms with van der Waals surface area (Å²) in [6, 6.07) is 8.07. The van der Waals surface area contributed by atoms with Crippen molar-refractivity contribution in [3.05, 3.63) is 29.5 Å². The van der Waals surface area contributed by atoms with Crippen LogP contribution in [0.5, 0.6) is 0 Å². The highest BCUT2D eigenvalue weighted by Gasteiger charge is 2.08. The van der Waals surface area contributed by atoms with Gasteiger partial charge in [0.2, 0.25) is 5.28 Å². The monoisotopic (exact) mass is 265 g/mol. The second kappa shape index (κ2) is 5.98. The smallest absolute Gasteiger partial charge is 0.224 e. The molecule has 0 aliphatic carbocycles. The van der Waals surface area contributed by atoms with Gasteiger partial charge in [0.25, 0.3) is 0 Å². The largest absolute Gasteiger partial charge is 0.385 e. The third kappa shape index (κ3) is 3.09. The molecule has 0 aliphatic heterocycles. The fourth-order valence-electron chi connectivity index (χ4n) is 1.76. The summed E-state index contributed by atoms with van der Waals surface area (Å²) < 4.78 is 5.06. The maximum atomic E-state index is 5.92. The van der Waals surface area contributed by atoms with Crippen molar-refractivity contribution >= 4 is 28.3 Å².